The summed E-state index contributed by atoms with van der Waals surface area (Å²) in [6.07, 6.45) is 7.27. The van der Waals surface area contributed by atoms with Crippen LogP contribution in [0.5, 0.6) is 0 Å². The molecule has 0 bridgehead atoms. The Morgan fingerprint density at radius 1 is 1.33 bits per heavy atom. The quantitative estimate of drug-likeness (QED) is 0.714. The van der Waals surface area contributed by atoms with Crippen LogP contribution < -0.4 is 11.0 Å². The maximum Gasteiger partial charge on any atom is 0.330 e. The number of imidazole rings is 1. The Balaban J connectivity index is 1.54. The Labute approximate surface area is 174 Å². The highest BCUT2D eigenvalue weighted by Gasteiger charge is 2.22. The van der Waals surface area contributed by atoms with Crippen LogP contribution in [-0.2, 0) is 13.6 Å². The maximum absolute atomic E-state index is 12.7. The van der Waals surface area contributed by atoms with E-state index < -0.39 is 0 Å². The van der Waals surface area contributed by atoms with Crippen molar-refractivity contribution in [1.29, 1.82) is 0 Å². The molecular formula is C22H27N5O3. The third-order valence-electron chi connectivity index (χ3n) is 5.32. The van der Waals surface area contributed by atoms with Gasteiger partial charge in [0, 0.05) is 19.6 Å². The summed E-state index contributed by atoms with van der Waals surface area (Å²) < 4.78 is 8.46. The summed E-state index contributed by atoms with van der Waals surface area (Å²) in [6, 6.07) is 4.01. The number of fused-ring (bicyclic) bond motifs is 1. The van der Waals surface area contributed by atoms with Gasteiger partial charge in [0.2, 0.25) is 0 Å². The fraction of sp³-hybridized carbons (Fsp3) is 0.455. The molecule has 0 fully saturated rings. The number of carbonyl (C=O) groups excluding carboxylic acids is 1. The van der Waals surface area contributed by atoms with Crippen molar-refractivity contribution in [2.45, 2.75) is 52.6 Å². The number of carbonyl (C=O) groups is 1. The molecule has 30 heavy (non-hydrogen) atoms. The Hall–Kier alpha value is -3.16. The molecule has 0 aromatic carbocycles. The Morgan fingerprint density at radius 2 is 2.13 bits per heavy atom. The first-order valence-corrected chi connectivity index (χ1v) is 10.2. The van der Waals surface area contributed by atoms with Crippen LogP contribution in [-0.4, -0.2) is 31.1 Å². The topological polar surface area (TPSA) is 95.0 Å². The molecule has 8 heteroatoms. The lowest BCUT2D eigenvalue weighted by Gasteiger charge is -2.22. The molecule has 1 amide bonds. The van der Waals surface area contributed by atoms with Crippen LogP contribution in [0.4, 0.5) is 0 Å². The molecule has 1 N–H and O–H groups in total. The number of rotatable bonds is 4. The largest absolute Gasteiger partial charge is 0.441 e. The second-order valence-electron chi connectivity index (χ2n) is 9.04. The molecule has 1 aliphatic carbocycles. The van der Waals surface area contributed by atoms with Gasteiger partial charge in [-0.3, -0.25) is 13.9 Å². The predicted octanol–water partition coefficient (Wildman–Crippen LogP) is 3.14. The predicted molar refractivity (Wildman–Crippen MR) is 114 cm³/mol. The van der Waals surface area contributed by atoms with Gasteiger partial charge in [-0.2, -0.15) is 0 Å². The molecule has 3 aromatic rings. The number of pyridine rings is 1. The monoisotopic (exact) mass is 409 g/mol. The van der Waals surface area contributed by atoms with Crippen LogP contribution in [0.3, 0.4) is 0 Å². The zero-order chi connectivity index (χ0) is 21.5. The standard InChI is InChI=1S/C22H27N5O3/c1-22(2,3)13-27-17-10-9-16(25-18(17)26(4)21(27)29)14-5-7-15(8-6-14)24-19(28)20-23-11-12-30-20/h5,9-12,15H,6-8,13H2,1-4H3,(H,24,28). The molecule has 3 aromatic heterocycles. The number of nitrogens with zero attached hydrogens (tertiary/aromatic N) is 4. The second kappa shape index (κ2) is 7.59. The Kier molecular flexibility index (Phi) is 5.09. The van der Waals surface area contributed by atoms with Gasteiger partial charge < -0.3 is 9.73 Å². The zero-order valence-corrected chi connectivity index (χ0v) is 17.8. The maximum atomic E-state index is 12.7. The van der Waals surface area contributed by atoms with E-state index in [1.54, 1.807) is 16.2 Å². The van der Waals surface area contributed by atoms with Gasteiger partial charge in [-0.25, -0.2) is 14.8 Å². The second-order valence-corrected chi connectivity index (χ2v) is 9.04. The number of allylic oxidation sites excluding steroid dienone is 1. The molecule has 8 nitrogen and oxygen atoms in total. The molecule has 0 spiro atoms. The van der Waals surface area contributed by atoms with Crippen molar-refractivity contribution in [3.63, 3.8) is 0 Å². The molecule has 4 rings (SSSR count). The molecule has 0 saturated carbocycles. The number of amides is 1. The zero-order valence-electron chi connectivity index (χ0n) is 17.8. The van der Waals surface area contributed by atoms with Gasteiger partial charge in [0.25, 0.3) is 5.89 Å². The van der Waals surface area contributed by atoms with E-state index in [9.17, 15) is 9.59 Å². The van der Waals surface area contributed by atoms with Gasteiger partial charge in [0.05, 0.1) is 17.4 Å². The van der Waals surface area contributed by atoms with Crippen LogP contribution in [0, 0.1) is 5.41 Å². The van der Waals surface area contributed by atoms with Crippen molar-refractivity contribution in [3.05, 3.63) is 52.7 Å². The summed E-state index contributed by atoms with van der Waals surface area (Å²) in [6.45, 7) is 6.98. The summed E-state index contributed by atoms with van der Waals surface area (Å²) in [5, 5.41) is 2.96. The number of aryl methyl sites for hydroxylation is 1. The van der Waals surface area contributed by atoms with E-state index in [-0.39, 0.29) is 28.9 Å². The first-order chi connectivity index (χ1) is 14.2. The van der Waals surface area contributed by atoms with Gasteiger partial charge in [-0.1, -0.05) is 26.8 Å². The molecule has 0 saturated heterocycles. The summed E-state index contributed by atoms with van der Waals surface area (Å²) in [4.78, 5) is 33.5. The van der Waals surface area contributed by atoms with Gasteiger partial charge in [-0.15, -0.1) is 0 Å². The highest BCUT2D eigenvalue weighted by atomic mass is 16.3. The summed E-state index contributed by atoms with van der Waals surface area (Å²) in [5.41, 5.74) is 3.51. The van der Waals surface area contributed by atoms with E-state index >= 15 is 0 Å². The molecule has 1 atom stereocenters. The minimum absolute atomic E-state index is 0.00666. The smallest absolute Gasteiger partial charge is 0.330 e. The van der Waals surface area contributed by atoms with E-state index in [1.165, 1.54) is 12.5 Å². The van der Waals surface area contributed by atoms with Gasteiger partial charge in [-0.05, 0) is 42.4 Å². The molecule has 0 aliphatic heterocycles. The van der Waals surface area contributed by atoms with E-state index in [2.05, 4.69) is 37.1 Å². The van der Waals surface area contributed by atoms with Crippen LogP contribution in [0.1, 0.15) is 56.4 Å². The van der Waals surface area contributed by atoms with Crippen molar-refractivity contribution < 1.29 is 9.21 Å². The normalized spacial score (nSPS) is 17.2. The lowest BCUT2D eigenvalue weighted by Crippen LogP contribution is -2.35. The molecule has 1 unspecified atom stereocenters. The van der Waals surface area contributed by atoms with E-state index in [1.807, 2.05) is 12.1 Å². The van der Waals surface area contributed by atoms with Gasteiger partial charge >= 0.3 is 11.6 Å². The van der Waals surface area contributed by atoms with Crippen molar-refractivity contribution in [2.75, 3.05) is 0 Å². The lowest BCUT2D eigenvalue weighted by atomic mass is 9.93. The van der Waals surface area contributed by atoms with E-state index in [4.69, 9.17) is 9.40 Å². The van der Waals surface area contributed by atoms with Gasteiger partial charge in [0.15, 0.2) is 5.65 Å². The first kappa shape index (κ1) is 20.1. The highest BCUT2D eigenvalue weighted by molar-refractivity contribution is 5.89. The molecule has 0 radical (unpaired) electrons. The van der Waals surface area contributed by atoms with Crippen molar-refractivity contribution in [3.8, 4) is 0 Å². The number of hydrogen-bond donors (Lipinski definition) is 1. The minimum atomic E-state index is -0.295. The highest BCUT2D eigenvalue weighted by Crippen LogP contribution is 2.28. The van der Waals surface area contributed by atoms with Gasteiger partial charge in [0.1, 0.15) is 6.26 Å². The molecule has 1 aliphatic rings. The molecular weight excluding hydrogens is 382 g/mol. The van der Waals surface area contributed by atoms with E-state index in [0.29, 0.717) is 18.6 Å². The van der Waals surface area contributed by atoms with Crippen molar-refractivity contribution >= 4 is 22.6 Å². The molecule has 3 heterocycles. The number of nitrogens with one attached hydrogen (secondary N) is 1. The number of aromatic nitrogens is 4. The van der Waals surface area contributed by atoms with Crippen molar-refractivity contribution in [2.24, 2.45) is 12.5 Å². The van der Waals surface area contributed by atoms with Crippen LogP contribution >= 0.6 is 0 Å². The van der Waals surface area contributed by atoms with Crippen LogP contribution in [0.25, 0.3) is 16.7 Å². The average Bonchev–Trinajstić information content (AvgIpc) is 3.32. The summed E-state index contributed by atoms with van der Waals surface area (Å²) >= 11 is 0. The van der Waals surface area contributed by atoms with Crippen LogP contribution in [0.2, 0.25) is 0 Å². The fourth-order valence-corrected chi connectivity index (χ4v) is 3.86. The van der Waals surface area contributed by atoms with E-state index in [0.717, 1.165) is 29.6 Å². The third-order valence-corrected chi connectivity index (χ3v) is 5.32. The first-order valence-electron chi connectivity index (χ1n) is 10.2. The Morgan fingerprint density at radius 3 is 2.77 bits per heavy atom. The summed E-state index contributed by atoms with van der Waals surface area (Å²) in [5.74, 6) is -0.214. The number of hydrogen-bond acceptors (Lipinski definition) is 5. The minimum Gasteiger partial charge on any atom is -0.441 e. The summed E-state index contributed by atoms with van der Waals surface area (Å²) in [7, 11) is 1.77. The fourth-order valence-electron chi connectivity index (χ4n) is 3.86. The lowest BCUT2D eigenvalue weighted by molar-refractivity contribution is 0.0900. The van der Waals surface area contributed by atoms with Crippen LogP contribution in [0.15, 0.2) is 39.9 Å². The molecule has 158 valence electrons. The SMILES string of the molecule is Cn1c(=O)n(CC(C)(C)C)c2ccc(C3=CCC(NC(=O)c4ncco4)CC3)nc21. The van der Waals surface area contributed by atoms with Crippen molar-refractivity contribution in [1.82, 2.24) is 24.4 Å². The average molecular weight is 409 g/mol. The Bertz CT molecular complexity index is 1160. The number of oxazole rings is 1. The third kappa shape index (κ3) is 3.94.